The number of hydrogen-bond donors (Lipinski definition) is 4. The zero-order valence-corrected chi connectivity index (χ0v) is 11.3. The number of aliphatic hydroxyl groups excluding tert-OH is 2. The average molecular weight is 253 g/mol. The summed E-state index contributed by atoms with van der Waals surface area (Å²) in [7, 11) is 0. The third kappa shape index (κ3) is 3.22. The van der Waals surface area contributed by atoms with Gasteiger partial charge < -0.3 is 20.6 Å². The van der Waals surface area contributed by atoms with E-state index < -0.39 is 5.54 Å². The van der Waals surface area contributed by atoms with Crippen LogP contribution in [0.5, 0.6) is 5.75 Å². The van der Waals surface area contributed by atoms with E-state index in [-0.39, 0.29) is 13.2 Å². The van der Waals surface area contributed by atoms with Gasteiger partial charge in [0.15, 0.2) is 0 Å². The van der Waals surface area contributed by atoms with Crippen LogP contribution in [0.4, 0.5) is 0 Å². The van der Waals surface area contributed by atoms with Crippen molar-refractivity contribution in [1.29, 1.82) is 0 Å². The van der Waals surface area contributed by atoms with Crippen molar-refractivity contribution >= 4 is 0 Å². The maximum atomic E-state index is 9.70. The van der Waals surface area contributed by atoms with E-state index in [1.165, 1.54) is 0 Å². The Hall–Kier alpha value is -1.10. The lowest BCUT2D eigenvalue weighted by molar-refractivity contribution is 0.0864. The summed E-state index contributed by atoms with van der Waals surface area (Å²) >= 11 is 0. The van der Waals surface area contributed by atoms with Crippen molar-refractivity contribution in [2.75, 3.05) is 13.2 Å². The van der Waals surface area contributed by atoms with Crippen molar-refractivity contribution in [3.8, 4) is 5.75 Å². The van der Waals surface area contributed by atoms with Crippen LogP contribution < -0.4 is 5.32 Å². The fourth-order valence-corrected chi connectivity index (χ4v) is 1.95. The van der Waals surface area contributed by atoms with Crippen LogP contribution in [-0.2, 0) is 6.54 Å². The molecule has 0 heterocycles. The normalized spacial score (nSPS) is 11.8. The van der Waals surface area contributed by atoms with Gasteiger partial charge in [-0.3, -0.25) is 0 Å². The molecule has 0 aliphatic rings. The third-order valence-electron chi connectivity index (χ3n) is 3.50. The van der Waals surface area contributed by atoms with Crippen LogP contribution in [0.1, 0.15) is 30.0 Å². The van der Waals surface area contributed by atoms with E-state index in [0.29, 0.717) is 18.7 Å². The molecular formula is C14H23NO3. The van der Waals surface area contributed by atoms with Gasteiger partial charge in [0.25, 0.3) is 0 Å². The maximum Gasteiger partial charge on any atom is 0.121 e. The standard InChI is InChI=1S/C14H23NO3/c1-4-14(8-16,9-17)15-7-12-5-10(2)13(18)11(3)6-12/h5-6,15-18H,4,7-9H2,1-3H3. The number of phenolic OH excluding ortho intramolecular Hbond substituents is 1. The number of aryl methyl sites for hydroxylation is 2. The van der Waals surface area contributed by atoms with Crippen molar-refractivity contribution in [3.05, 3.63) is 28.8 Å². The molecule has 1 aromatic carbocycles. The molecule has 0 fully saturated rings. The lowest BCUT2D eigenvalue weighted by Crippen LogP contribution is -2.50. The molecule has 4 heteroatoms. The molecule has 0 aromatic heterocycles. The molecule has 0 saturated carbocycles. The first-order valence-electron chi connectivity index (χ1n) is 6.24. The first-order valence-corrected chi connectivity index (χ1v) is 6.24. The number of phenols is 1. The molecule has 0 atom stereocenters. The topological polar surface area (TPSA) is 72.7 Å². The average Bonchev–Trinajstić information content (AvgIpc) is 2.38. The molecule has 1 rings (SSSR count). The van der Waals surface area contributed by atoms with Crippen LogP contribution in [0.15, 0.2) is 12.1 Å². The molecule has 0 unspecified atom stereocenters. The summed E-state index contributed by atoms with van der Waals surface area (Å²) in [4.78, 5) is 0. The van der Waals surface area contributed by atoms with E-state index in [1.807, 2.05) is 32.9 Å². The Morgan fingerprint density at radius 3 is 2.00 bits per heavy atom. The van der Waals surface area contributed by atoms with Crippen LogP contribution >= 0.6 is 0 Å². The second-order valence-electron chi connectivity index (χ2n) is 4.88. The molecule has 0 aliphatic carbocycles. The van der Waals surface area contributed by atoms with Gasteiger partial charge in [0.1, 0.15) is 5.75 Å². The van der Waals surface area contributed by atoms with Gasteiger partial charge in [0, 0.05) is 6.54 Å². The van der Waals surface area contributed by atoms with Crippen LogP contribution in [0.25, 0.3) is 0 Å². The minimum Gasteiger partial charge on any atom is -0.507 e. The van der Waals surface area contributed by atoms with Gasteiger partial charge >= 0.3 is 0 Å². The third-order valence-corrected chi connectivity index (χ3v) is 3.50. The summed E-state index contributed by atoms with van der Waals surface area (Å²) in [6.45, 7) is 5.99. The highest BCUT2D eigenvalue weighted by molar-refractivity contribution is 5.42. The molecule has 102 valence electrons. The number of aliphatic hydroxyl groups is 2. The number of rotatable bonds is 6. The Morgan fingerprint density at radius 1 is 1.11 bits per heavy atom. The second-order valence-corrected chi connectivity index (χ2v) is 4.88. The summed E-state index contributed by atoms with van der Waals surface area (Å²) in [5.41, 5.74) is 2.06. The van der Waals surface area contributed by atoms with Crippen LogP contribution in [-0.4, -0.2) is 34.1 Å². The Labute approximate surface area is 108 Å². The monoisotopic (exact) mass is 253 g/mol. The van der Waals surface area contributed by atoms with E-state index in [0.717, 1.165) is 16.7 Å². The van der Waals surface area contributed by atoms with Gasteiger partial charge in [-0.2, -0.15) is 0 Å². The highest BCUT2D eigenvalue weighted by Gasteiger charge is 2.25. The molecule has 0 spiro atoms. The van der Waals surface area contributed by atoms with Gasteiger partial charge in [0.05, 0.1) is 18.8 Å². The quantitative estimate of drug-likeness (QED) is 0.615. The predicted molar refractivity (Wildman–Crippen MR) is 71.6 cm³/mol. The predicted octanol–water partition coefficient (Wildman–Crippen LogP) is 1.23. The van der Waals surface area contributed by atoms with Gasteiger partial charge in [0.2, 0.25) is 0 Å². The Kier molecular flexibility index (Phi) is 5.14. The summed E-state index contributed by atoms with van der Waals surface area (Å²) in [5.74, 6) is 0.324. The van der Waals surface area contributed by atoms with E-state index in [1.54, 1.807) is 0 Å². The minimum atomic E-state index is -0.639. The first-order chi connectivity index (χ1) is 8.48. The van der Waals surface area contributed by atoms with E-state index in [4.69, 9.17) is 0 Å². The second kappa shape index (κ2) is 6.18. The molecule has 0 saturated heterocycles. The largest absolute Gasteiger partial charge is 0.507 e. The van der Waals surface area contributed by atoms with Crippen molar-refractivity contribution < 1.29 is 15.3 Å². The smallest absolute Gasteiger partial charge is 0.121 e. The van der Waals surface area contributed by atoms with Gasteiger partial charge in [-0.05, 0) is 37.0 Å². The van der Waals surface area contributed by atoms with Crippen LogP contribution in [0.3, 0.4) is 0 Å². The summed E-state index contributed by atoms with van der Waals surface area (Å²) in [6, 6.07) is 3.81. The lowest BCUT2D eigenvalue weighted by atomic mass is 9.97. The number of hydrogen-bond acceptors (Lipinski definition) is 4. The minimum absolute atomic E-state index is 0.101. The van der Waals surface area contributed by atoms with E-state index >= 15 is 0 Å². The van der Waals surface area contributed by atoms with Crippen molar-refractivity contribution in [2.24, 2.45) is 0 Å². The highest BCUT2D eigenvalue weighted by Crippen LogP contribution is 2.23. The molecule has 0 bridgehead atoms. The SMILES string of the molecule is CCC(CO)(CO)NCc1cc(C)c(O)c(C)c1. The van der Waals surface area contributed by atoms with Gasteiger partial charge in [-0.25, -0.2) is 0 Å². The lowest BCUT2D eigenvalue weighted by Gasteiger charge is -2.30. The summed E-state index contributed by atoms with van der Waals surface area (Å²) < 4.78 is 0. The number of benzene rings is 1. The molecule has 0 radical (unpaired) electrons. The zero-order valence-electron chi connectivity index (χ0n) is 11.3. The molecule has 18 heavy (non-hydrogen) atoms. The summed E-state index contributed by atoms with van der Waals surface area (Å²) in [5, 5.41) is 31.6. The zero-order chi connectivity index (χ0) is 13.8. The first kappa shape index (κ1) is 15.0. The van der Waals surface area contributed by atoms with Crippen LogP contribution in [0.2, 0.25) is 0 Å². The van der Waals surface area contributed by atoms with Crippen molar-refractivity contribution in [2.45, 2.75) is 39.3 Å². The number of nitrogens with one attached hydrogen (secondary N) is 1. The Balaban J connectivity index is 2.80. The fourth-order valence-electron chi connectivity index (χ4n) is 1.95. The molecular weight excluding hydrogens is 230 g/mol. The van der Waals surface area contributed by atoms with Gasteiger partial charge in [-0.1, -0.05) is 19.1 Å². The number of aromatic hydroxyl groups is 1. The van der Waals surface area contributed by atoms with E-state index in [9.17, 15) is 15.3 Å². The fraction of sp³-hybridized carbons (Fsp3) is 0.571. The maximum absolute atomic E-state index is 9.70. The van der Waals surface area contributed by atoms with Crippen molar-refractivity contribution in [1.82, 2.24) is 5.32 Å². The van der Waals surface area contributed by atoms with E-state index in [2.05, 4.69) is 5.32 Å². The Bertz CT molecular complexity index is 369. The molecule has 4 N–H and O–H groups in total. The highest BCUT2D eigenvalue weighted by atomic mass is 16.3. The summed E-state index contributed by atoms with van der Waals surface area (Å²) in [6.07, 6.45) is 0.649. The van der Waals surface area contributed by atoms with Gasteiger partial charge in [-0.15, -0.1) is 0 Å². The van der Waals surface area contributed by atoms with Crippen molar-refractivity contribution in [3.63, 3.8) is 0 Å². The molecule has 4 nitrogen and oxygen atoms in total. The molecule has 0 amide bonds. The Morgan fingerprint density at radius 2 is 1.61 bits per heavy atom. The molecule has 1 aromatic rings. The van der Waals surface area contributed by atoms with Crippen LogP contribution in [0, 0.1) is 13.8 Å². The molecule has 0 aliphatic heterocycles.